The fourth-order valence-corrected chi connectivity index (χ4v) is 4.69. The lowest BCUT2D eigenvalue weighted by Gasteiger charge is -2.33. The van der Waals surface area contributed by atoms with Crippen LogP contribution in [0.4, 0.5) is 5.82 Å². The molecule has 1 aliphatic heterocycles. The van der Waals surface area contributed by atoms with Crippen LogP contribution in [0.2, 0.25) is 0 Å². The van der Waals surface area contributed by atoms with Crippen LogP contribution in [0.25, 0.3) is 10.2 Å². The largest absolute Gasteiger partial charge is 0.467 e. The second-order valence-electron chi connectivity index (χ2n) is 7.17. The zero-order valence-corrected chi connectivity index (χ0v) is 16.7. The minimum Gasteiger partial charge on any atom is -0.467 e. The van der Waals surface area contributed by atoms with Crippen molar-refractivity contribution in [3.05, 3.63) is 40.9 Å². The van der Waals surface area contributed by atoms with Crippen LogP contribution in [0, 0.1) is 19.8 Å². The van der Waals surface area contributed by atoms with E-state index in [2.05, 4.69) is 34.0 Å². The van der Waals surface area contributed by atoms with E-state index < -0.39 is 0 Å². The Kier molecular flexibility index (Phi) is 4.86. The minimum atomic E-state index is -0.108. The van der Waals surface area contributed by atoms with E-state index in [1.54, 1.807) is 23.9 Å². The third kappa shape index (κ3) is 3.43. The number of fused-ring (bicyclic) bond motifs is 1. The predicted octanol–water partition coefficient (Wildman–Crippen LogP) is 3.99. The molecule has 6 nitrogen and oxygen atoms in total. The van der Waals surface area contributed by atoms with Gasteiger partial charge in [-0.05, 0) is 51.3 Å². The highest BCUT2D eigenvalue weighted by atomic mass is 32.1. The Morgan fingerprint density at radius 1 is 1.33 bits per heavy atom. The van der Waals surface area contributed by atoms with Crippen LogP contribution in [0.1, 0.15) is 42.0 Å². The van der Waals surface area contributed by atoms with Crippen LogP contribution in [0.15, 0.2) is 29.1 Å². The van der Waals surface area contributed by atoms with Crippen LogP contribution >= 0.6 is 11.3 Å². The molecule has 1 unspecified atom stereocenters. The summed E-state index contributed by atoms with van der Waals surface area (Å²) in [7, 11) is 0. The summed E-state index contributed by atoms with van der Waals surface area (Å²) in [6, 6.07) is 3.62. The third-order valence-corrected chi connectivity index (χ3v) is 6.55. The van der Waals surface area contributed by atoms with Gasteiger partial charge >= 0.3 is 0 Å². The van der Waals surface area contributed by atoms with Gasteiger partial charge in [0.1, 0.15) is 22.7 Å². The number of aromatic nitrogens is 2. The van der Waals surface area contributed by atoms with Gasteiger partial charge in [0.15, 0.2) is 0 Å². The number of nitrogens with zero attached hydrogens (tertiary/aromatic N) is 3. The average Bonchev–Trinajstić information content (AvgIpc) is 3.31. The zero-order chi connectivity index (χ0) is 19.0. The van der Waals surface area contributed by atoms with Crippen molar-refractivity contribution >= 4 is 33.3 Å². The first-order valence-corrected chi connectivity index (χ1v) is 10.2. The first-order chi connectivity index (χ1) is 13.0. The highest BCUT2D eigenvalue weighted by Crippen LogP contribution is 2.35. The van der Waals surface area contributed by atoms with E-state index in [4.69, 9.17) is 4.42 Å². The topological polar surface area (TPSA) is 71.3 Å². The Bertz CT molecular complexity index is 942. The smallest absolute Gasteiger partial charge is 0.223 e. The van der Waals surface area contributed by atoms with Crippen molar-refractivity contribution in [2.45, 2.75) is 39.7 Å². The normalized spacial score (nSPS) is 16.6. The minimum absolute atomic E-state index is 0.0290. The molecule has 0 aromatic carbocycles. The Balaban J connectivity index is 1.43. The van der Waals surface area contributed by atoms with E-state index in [0.29, 0.717) is 0 Å². The Labute approximate surface area is 162 Å². The van der Waals surface area contributed by atoms with E-state index in [9.17, 15) is 4.79 Å². The van der Waals surface area contributed by atoms with Gasteiger partial charge in [-0.1, -0.05) is 0 Å². The fourth-order valence-electron chi connectivity index (χ4n) is 3.70. The van der Waals surface area contributed by atoms with Crippen molar-refractivity contribution in [2.75, 3.05) is 18.0 Å². The Morgan fingerprint density at radius 3 is 2.81 bits per heavy atom. The number of hydrogen-bond donors (Lipinski definition) is 1. The molecule has 1 amide bonds. The van der Waals surface area contributed by atoms with Gasteiger partial charge < -0.3 is 14.6 Å². The maximum atomic E-state index is 12.6. The van der Waals surface area contributed by atoms with Crippen molar-refractivity contribution in [3.8, 4) is 0 Å². The van der Waals surface area contributed by atoms with Gasteiger partial charge in [0.25, 0.3) is 0 Å². The fraction of sp³-hybridized carbons (Fsp3) is 0.450. The molecule has 1 aliphatic rings. The van der Waals surface area contributed by atoms with Crippen LogP contribution < -0.4 is 10.2 Å². The number of rotatable bonds is 4. The van der Waals surface area contributed by atoms with Gasteiger partial charge in [-0.2, -0.15) is 0 Å². The molecule has 7 heteroatoms. The monoisotopic (exact) mass is 384 g/mol. The molecule has 1 fully saturated rings. The van der Waals surface area contributed by atoms with Gasteiger partial charge in [-0.15, -0.1) is 11.3 Å². The number of piperidine rings is 1. The number of hydrogen-bond acceptors (Lipinski definition) is 6. The summed E-state index contributed by atoms with van der Waals surface area (Å²) in [5, 5.41) is 4.23. The maximum Gasteiger partial charge on any atom is 0.223 e. The van der Waals surface area contributed by atoms with Gasteiger partial charge in [-0.25, -0.2) is 9.97 Å². The first kappa shape index (κ1) is 18.0. The molecule has 142 valence electrons. The van der Waals surface area contributed by atoms with Crippen LogP contribution in [-0.4, -0.2) is 29.0 Å². The summed E-state index contributed by atoms with van der Waals surface area (Å²) in [4.78, 5) is 26.2. The number of furan rings is 1. The van der Waals surface area contributed by atoms with Crippen molar-refractivity contribution in [3.63, 3.8) is 0 Å². The van der Waals surface area contributed by atoms with E-state index in [0.717, 1.165) is 47.7 Å². The molecule has 0 spiro atoms. The molecular weight excluding hydrogens is 360 g/mol. The number of nitrogens with one attached hydrogen (secondary N) is 1. The third-order valence-electron chi connectivity index (χ3n) is 5.44. The van der Waals surface area contributed by atoms with E-state index in [1.165, 1.54) is 10.4 Å². The standard InChI is InChI=1S/C20H24N4O2S/c1-12-14(3)27-20-17(12)18(21-11-22-20)24-8-6-15(7-9-24)19(25)23-13(2)16-5-4-10-26-16/h4-5,10-11,13,15H,6-9H2,1-3H3,(H,23,25). The predicted molar refractivity (Wildman–Crippen MR) is 107 cm³/mol. The molecule has 4 heterocycles. The quantitative estimate of drug-likeness (QED) is 0.736. The van der Waals surface area contributed by atoms with E-state index >= 15 is 0 Å². The summed E-state index contributed by atoms with van der Waals surface area (Å²) in [6.45, 7) is 7.87. The summed E-state index contributed by atoms with van der Waals surface area (Å²) in [6.07, 6.45) is 4.93. The second-order valence-corrected chi connectivity index (χ2v) is 8.37. The highest BCUT2D eigenvalue weighted by molar-refractivity contribution is 7.18. The zero-order valence-electron chi connectivity index (χ0n) is 15.9. The first-order valence-electron chi connectivity index (χ1n) is 9.34. The van der Waals surface area contributed by atoms with Crippen molar-refractivity contribution in [1.82, 2.24) is 15.3 Å². The number of anilines is 1. The lowest BCUT2D eigenvalue weighted by atomic mass is 9.95. The van der Waals surface area contributed by atoms with Gasteiger partial charge in [0.2, 0.25) is 5.91 Å². The summed E-state index contributed by atoms with van der Waals surface area (Å²) in [5.41, 5.74) is 1.26. The number of aryl methyl sites for hydroxylation is 2. The van der Waals surface area contributed by atoms with Crippen molar-refractivity contribution in [1.29, 1.82) is 0 Å². The summed E-state index contributed by atoms with van der Waals surface area (Å²) >= 11 is 1.72. The molecule has 0 saturated carbocycles. The molecule has 1 saturated heterocycles. The molecule has 4 rings (SSSR count). The van der Waals surface area contributed by atoms with Crippen LogP contribution in [0.3, 0.4) is 0 Å². The molecule has 0 radical (unpaired) electrons. The number of amides is 1. The molecule has 0 aliphatic carbocycles. The molecule has 27 heavy (non-hydrogen) atoms. The molecule has 1 N–H and O–H groups in total. The lowest BCUT2D eigenvalue weighted by molar-refractivity contribution is -0.126. The summed E-state index contributed by atoms with van der Waals surface area (Å²) < 4.78 is 5.38. The van der Waals surface area contributed by atoms with Crippen LogP contribution in [0.5, 0.6) is 0 Å². The molecule has 1 atom stereocenters. The number of carbonyl (C=O) groups excluding carboxylic acids is 1. The molecule has 0 bridgehead atoms. The SMILES string of the molecule is Cc1sc2ncnc(N3CCC(C(=O)NC(C)c4ccco4)CC3)c2c1C. The molecule has 3 aromatic heterocycles. The van der Waals surface area contributed by atoms with Gasteiger partial charge in [0.05, 0.1) is 17.7 Å². The molecule has 3 aromatic rings. The van der Waals surface area contributed by atoms with Gasteiger partial charge in [-0.3, -0.25) is 4.79 Å². The van der Waals surface area contributed by atoms with Gasteiger partial charge in [0, 0.05) is 23.9 Å². The Morgan fingerprint density at radius 2 is 2.11 bits per heavy atom. The molecular formula is C20H24N4O2S. The highest BCUT2D eigenvalue weighted by Gasteiger charge is 2.28. The van der Waals surface area contributed by atoms with Crippen molar-refractivity contribution in [2.24, 2.45) is 5.92 Å². The Hall–Kier alpha value is -2.41. The van der Waals surface area contributed by atoms with E-state index in [-0.39, 0.29) is 17.9 Å². The lowest BCUT2D eigenvalue weighted by Crippen LogP contribution is -2.41. The summed E-state index contributed by atoms with van der Waals surface area (Å²) in [5.74, 6) is 1.92. The second kappa shape index (κ2) is 7.31. The van der Waals surface area contributed by atoms with E-state index in [1.807, 2.05) is 19.1 Å². The number of carbonyl (C=O) groups is 1. The maximum absolute atomic E-state index is 12.6. The number of thiophene rings is 1. The average molecular weight is 385 g/mol. The van der Waals surface area contributed by atoms with Crippen molar-refractivity contribution < 1.29 is 9.21 Å². The van der Waals surface area contributed by atoms with Crippen LogP contribution in [-0.2, 0) is 4.79 Å².